The van der Waals surface area contributed by atoms with Crippen molar-refractivity contribution in [3.63, 3.8) is 0 Å². The molecule has 0 aliphatic carbocycles. The summed E-state index contributed by atoms with van der Waals surface area (Å²) in [6, 6.07) is 19.1. The third kappa shape index (κ3) is 4.04. The Bertz CT molecular complexity index is 1270. The number of carbonyl (C=O) groups excluding carboxylic acids is 1. The van der Waals surface area contributed by atoms with E-state index >= 15 is 0 Å². The van der Waals surface area contributed by atoms with Gasteiger partial charge in [-0.05, 0) is 55.8 Å². The van der Waals surface area contributed by atoms with Crippen LogP contribution < -0.4 is 14.9 Å². The first-order chi connectivity index (χ1) is 14.0. The quantitative estimate of drug-likeness (QED) is 0.346. The van der Waals surface area contributed by atoms with Crippen LogP contribution in [0.5, 0.6) is 17.2 Å². The van der Waals surface area contributed by atoms with Crippen molar-refractivity contribution < 1.29 is 18.7 Å². The Morgan fingerprint density at radius 2 is 1.62 bits per heavy atom. The molecule has 1 aromatic heterocycles. The summed E-state index contributed by atoms with van der Waals surface area (Å²) >= 11 is 0. The average Bonchev–Trinajstić information content (AvgIpc) is 2.70. The molecule has 0 saturated carbocycles. The minimum atomic E-state index is -0.477. The summed E-state index contributed by atoms with van der Waals surface area (Å²) in [5.74, 6) is 0.460. The summed E-state index contributed by atoms with van der Waals surface area (Å²) in [5.41, 5.74) is 2.44. The summed E-state index contributed by atoms with van der Waals surface area (Å²) < 4.78 is 16.6. The van der Waals surface area contributed by atoms with Crippen LogP contribution in [0.3, 0.4) is 0 Å². The molecule has 4 rings (SSSR count). The molecule has 4 aromatic rings. The van der Waals surface area contributed by atoms with E-state index in [9.17, 15) is 9.59 Å². The second-order valence-corrected chi connectivity index (χ2v) is 6.76. The van der Waals surface area contributed by atoms with Gasteiger partial charge in [-0.25, -0.2) is 4.79 Å². The van der Waals surface area contributed by atoms with E-state index in [0.717, 1.165) is 11.1 Å². The molecule has 0 N–H and O–H groups in total. The van der Waals surface area contributed by atoms with Crippen LogP contribution in [-0.4, -0.2) is 5.97 Å². The smallest absolute Gasteiger partial charge is 0.343 e. The summed E-state index contributed by atoms with van der Waals surface area (Å²) in [6.45, 7) is 3.84. The molecule has 5 heteroatoms. The number of fused-ring (bicyclic) bond motifs is 1. The fraction of sp³-hybridized carbons (Fsp3) is 0.0833. The monoisotopic (exact) mass is 386 g/mol. The Kier molecular flexibility index (Phi) is 4.87. The van der Waals surface area contributed by atoms with Crippen molar-refractivity contribution in [3.05, 3.63) is 99.9 Å². The number of aryl methyl sites for hydroxylation is 2. The van der Waals surface area contributed by atoms with E-state index in [1.54, 1.807) is 36.4 Å². The maximum Gasteiger partial charge on any atom is 0.343 e. The molecule has 29 heavy (non-hydrogen) atoms. The lowest BCUT2D eigenvalue weighted by Crippen LogP contribution is -2.09. The predicted molar refractivity (Wildman–Crippen MR) is 110 cm³/mol. The van der Waals surface area contributed by atoms with Crippen molar-refractivity contribution in [2.75, 3.05) is 0 Å². The van der Waals surface area contributed by atoms with Crippen molar-refractivity contribution >= 4 is 16.9 Å². The molecule has 1 heterocycles. The van der Waals surface area contributed by atoms with Crippen LogP contribution in [0, 0.1) is 13.8 Å². The number of carbonyl (C=O) groups is 1. The van der Waals surface area contributed by atoms with E-state index in [-0.39, 0.29) is 11.2 Å². The Morgan fingerprint density at radius 1 is 0.862 bits per heavy atom. The Hall–Kier alpha value is -3.86. The SMILES string of the molecule is Cc1cccc(Oc2coc3cc(OC(=O)c4cccc(C)c4)ccc3c2=O)c1. The Morgan fingerprint density at radius 3 is 2.38 bits per heavy atom. The minimum absolute atomic E-state index is 0.0904. The predicted octanol–water partition coefficient (Wildman–Crippen LogP) is 5.42. The normalized spacial score (nSPS) is 10.7. The van der Waals surface area contributed by atoms with Crippen LogP contribution >= 0.6 is 0 Å². The molecular weight excluding hydrogens is 368 g/mol. The van der Waals surface area contributed by atoms with Gasteiger partial charge in [0.05, 0.1) is 10.9 Å². The molecule has 0 spiro atoms. The van der Waals surface area contributed by atoms with Crippen molar-refractivity contribution in [3.8, 4) is 17.2 Å². The van der Waals surface area contributed by atoms with E-state index in [4.69, 9.17) is 13.9 Å². The van der Waals surface area contributed by atoms with Crippen LogP contribution in [0.1, 0.15) is 21.5 Å². The van der Waals surface area contributed by atoms with Crippen LogP contribution in [0.2, 0.25) is 0 Å². The van der Waals surface area contributed by atoms with Gasteiger partial charge in [-0.3, -0.25) is 4.79 Å². The van der Waals surface area contributed by atoms with E-state index in [2.05, 4.69) is 0 Å². The lowest BCUT2D eigenvalue weighted by atomic mass is 10.1. The zero-order valence-corrected chi connectivity index (χ0v) is 16.0. The van der Waals surface area contributed by atoms with Crippen molar-refractivity contribution in [2.45, 2.75) is 13.8 Å². The second-order valence-electron chi connectivity index (χ2n) is 6.76. The van der Waals surface area contributed by atoms with Gasteiger partial charge >= 0.3 is 5.97 Å². The van der Waals surface area contributed by atoms with Gasteiger partial charge in [-0.1, -0.05) is 29.8 Å². The lowest BCUT2D eigenvalue weighted by Gasteiger charge is -2.08. The maximum absolute atomic E-state index is 12.7. The first-order valence-corrected chi connectivity index (χ1v) is 9.08. The molecular formula is C24H18O5. The number of benzene rings is 3. The van der Waals surface area contributed by atoms with Crippen LogP contribution in [0.25, 0.3) is 11.0 Å². The summed E-state index contributed by atoms with van der Waals surface area (Å²) in [7, 11) is 0. The Labute approximate surface area is 167 Å². The number of ether oxygens (including phenoxy) is 2. The standard InChI is InChI=1S/C24H18O5/c1-15-5-3-7-17(11-15)24(26)29-19-9-10-20-21(13-19)27-14-22(23(20)25)28-18-8-4-6-16(2)12-18/h3-14H,1-2H3. The van der Waals surface area contributed by atoms with Crippen LogP contribution in [0.4, 0.5) is 0 Å². The number of hydrogen-bond donors (Lipinski definition) is 0. The molecule has 5 nitrogen and oxygen atoms in total. The molecule has 0 aliphatic rings. The highest BCUT2D eigenvalue weighted by Gasteiger charge is 2.13. The van der Waals surface area contributed by atoms with E-state index < -0.39 is 5.97 Å². The third-order valence-electron chi connectivity index (χ3n) is 4.40. The molecule has 0 saturated heterocycles. The van der Waals surface area contributed by atoms with Gasteiger partial charge < -0.3 is 13.9 Å². The fourth-order valence-electron chi connectivity index (χ4n) is 2.97. The highest BCUT2D eigenvalue weighted by molar-refractivity contribution is 5.91. The Balaban J connectivity index is 1.60. The van der Waals surface area contributed by atoms with E-state index in [0.29, 0.717) is 28.0 Å². The average molecular weight is 386 g/mol. The van der Waals surface area contributed by atoms with Gasteiger partial charge in [0.25, 0.3) is 0 Å². The largest absolute Gasteiger partial charge is 0.460 e. The highest BCUT2D eigenvalue weighted by atomic mass is 16.5. The fourth-order valence-corrected chi connectivity index (χ4v) is 2.97. The molecule has 144 valence electrons. The summed E-state index contributed by atoms with van der Waals surface area (Å²) in [5, 5.41) is 0.338. The molecule has 3 aromatic carbocycles. The summed E-state index contributed by atoms with van der Waals surface area (Å²) in [6.07, 6.45) is 1.26. The van der Waals surface area contributed by atoms with Gasteiger partial charge in [0.2, 0.25) is 11.2 Å². The number of esters is 1. The molecule has 0 fully saturated rings. The lowest BCUT2D eigenvalue weighted by molar-refractivity contribution is 0.0735. The first kappa shape index (κ1) is 18.5. The van der Waals surface area contributed by atoms with E-state index in [1.807, 2.05) is 38.1 Å². The van der Waals surface area contributed by atoms with Crippen molar-refractivity contribution in [1.82, 2.24) is 0 Å². The number of rotatable bonds is 4. The summed E-state index contributed by atoms with van der Waals surface area (Å²) in [4.78, 5) is 25.0. The zero-order chi connectivity index (χ0) is 20.4. The second kappa shape index (κ2) is 7.64. The highest BCUT2D eigenvalue weighted by Crippen LogP contribution is 2.25. The van der Waals surface area contributed by atoms with Gasteiger partial charge in [-0.2, -0.15) is 0 Å². The first-order valence-electron chi connectivity index (χ1n) is 9.08. The van der Waals surface area contributed by atoms with Crippen molar-refractivity contribution in [1.29, 1.82) is 0 Å². The van der Waals surface area contributed by atoms with Gasteiger partial charge in [0, 0.05) is 6.07 Å². The minimum Gasteiger partial charge on any atom is -0.460 e. The molecule has 0 atom stereocenters. The van der Waals surface area contributed by atoms with E-state index in [1.165, 1.54) is 12.3 Å². The third-order valence-corrected chi connectivity index (χ3v) is 4.40. The van der Waals surface area contributed by atoms with Gasteiger partial charge in [0.15, 0.2) is 0 Å². The molecule has 0 bridgehead atoms. The van der Waals surface area contributed by atoms with Crippen LogP contribution in [-0.2, 0) is 0 Å². The zero-order valence-electron chi connectivity index (χ0n) is 16.0. The molecule has 0 radical (unpaired) electrons. The maximum atomic E-state index is 12.7. The topological polar surface area (TPSA) is 65.7 Å². The molecule has 0 unspecified atom stereocenters. The van der Waals surface area contributed by atoms with Gasteiger partial charge in [-0.15, -0.1) is 0 Å². The van der Waals surface area contributed by atoms with Crippen molar-refractivity contribution in [2.24, 2.45) is 0 Å². The van der Waals surface area contributed by atoms with Crippen LogP contribution in [0.15, 0.2) is 82.2 Å². The molecule has 0 aliphatic heterocycles. The number of hydrogen-bond acceptors (Lipinski definition) is 5. The molecule has 0 amide bonds. The van der Waals surface area contributed by atoms with Gasteiger partial charge in [0.1, 0.15) is 23.3 Å².